The van der Waals surface area contributed by atoms with Gasteiger partial charge in [0.15, 0.2) is 0 Å². The molecule has 0 aromatic heterocycles. The van der Waals surface area contributed by atoms with E-state index in [1.807, 2.05) is 20.4 Å². The first-order valence-electron chi connectivity index (χ1n) is 5.36. The number of rotatable bonds is 7. The molecule has 0 aromatic rings. The van der Waals surface area contributed by atoms with E-state index in [1.54, 1.807) is 6.92 Å². The minimum atomic E-state index is -2.31. The van der Waals surface area contributed by atoms with Gasteiger partial charge in [-0.1, -0.05) is 6.92 Å². The van der Waals surface area contributed by atoms with Crippen molar-refractivity contribution in [2.75, 3.05) is 13.2 Å². The summed E-state index contributed by atoms with van der Waals surface area (Å²) in [4.78, 5) is 13.8. The number of azide groups is 1. The Morgan fingerprint density at radius 2 is 1.94 bits per heavy atom. The Bertz CT molecular complexity index is 273. The van der Waals surface area contributed by atoms with E-state index in [0.29, 0.717) is 19.3 Å². The van der Waals surface area contributed by atoms with E-state index in [0.717, 1.165) is 0 Å². The standard InChI is InChI=1S/C9H19N3O3Si/c1-5-14-16(4,15-6-2)7-8(3)9(13)11-12-10/h8H,5-7H2,1-4H3. The molecule has 0 N–H and O–H groups in total. The third-order valence-corrected chi connectivity index (χ3v) is 5.29. The zero-order valence-electron chi connectivity index (χ0n) is 10.3. The van der Waals surface area contributed by atoms with Gasteiger partial charge in [0.25, 0.3) is 0 Å². The van der Waals surface area contributed by atoms with Crippen LogP contribution in [0.5, 0.6) is 0 Å². The normalized spacial score (nSPS) is 13.0. The molecule has 1 unspecified atom stereocenters. The van der Waals surface area contributed by atoms with Crippen molar-refractivity contribution >= 4 is 14.5 Å². The largest absolute Gasteiger partial charge is 0.395 e. The Morgan fingerprint density at radius 1 is 1.44 bits per heavy atom. The van der Waals surface area contributed by atoms with Gasteiger partial charge >= 0.3 is 8.56 Å². The zero-order chi connectivity index (χ0) is 12.6. The topological polar surface area (TPSA) is 84.3 Å². The average molecular weight is 245 g/mol. The molecule has 0 saturated carbocycles. The highest BCUT2D eigenvalue weighted by atomic mass is 28.4. The van der Waals surface area contributed by atoms with Gasteiger partial charge in [0.1, 0.15) is 0 Å². The van der Waals surface area contributed by atoms with Crippen LogP contribution >= 0.6 is 0 Å². The summed E-state index contributed by atoms with van der Waals surface area (Å²) in [6, 6.07) is 0.506. The lowest BCUT2D eigenvalue weighted by Gasteiger charge is -2.27. The van der Waals surface area contributed by atoms with Crippen LogP contribution < -0.4 is 0 Å². The van der Waals surface area contributed by atoms with Gasteiger partial charge in [-0.2, -0.15) is 0 Å². The van der Waals surface area contributed by atoms with E-state index >= 15 is 0 Å². The average Bonchev–Trinajstić information content (AvgIpc) is 2.18. The van der Waals surface area contributed by atoms with E-state index in [4.69, 9.17) is 14.4 Å². The first-order valence-corrected chi connectivity index (χ1v) is 7.88. The van der Waals surface area contributed by atoms with Crippen molar-refractivity contribution in [2.45, 2.75) is 33.4 Å². The summed E-state index contributed by atoms with van der Waals surface area (Å²) in [5, 5.41) is 3.08. The van der Waals surface area contributed by atoms with Crippen molar-refractivity contribution in [3.05, 3.63) is 10.4 Å². The molecule has 0 aromatic carbocycles. The molecule has 0 heterocycles. The SMILES string of the molecule is CCO[Si](C)(CC(C)C(=O)N=[N+]=[N-])OCC. The molecule has 0 saturated heterocycles. The first kappa shape index (κ1) is 15.1. The molecule has 0 aliphatic heterocycles. The van der Waals surface area contributed by atoms with E-state index in [-0.39, 0.29) is 5.92 Å². The van der Waals surface area contributed by atoms with Crippen molar-refractivity contribution in [3.8, 4) is 0 Å². The number of carbonyl (C=O) groups excluding carboxylic acids is 1. The molecule has 0 aliphatic carbocycles. The molecule has 0 radical (unpaired) electrons. The summed E-state index contributed by atoms with van der Waals surface area (Å²) in [7, 11) is -2.31. The van der Waals surface area contributed by atoms with Crippen molar-refractivity contribution in [1.29, 1.82) is 0 Å². The van der Waals surface area contributed by atoms with Crippen LogP contribution in [0.3, 0.4) is 0 Å². The van der Waals surface area contributed by atoms with E-state index in [2.05, 4.69) is 10.0 Å². The second-order valence-electron chi connectivity index (χ2n) is 3.63. The third-order valence-electron chi connectivity index (χ3n) is 2.14. The third kappa shape index (κ3) is 5.27. The van der Waals surface area contributed by atoms with Crippen LogP contribution in [0.25, 0.3) is 10.4 Å². The number of amides is 1. The maximum atomic E-state index is 11.3. The van der Waals surface area contributed by atoms with Gasteiger partial charge in [0, 0.05) is 30.1 Å². The van der Waals surface area contributed by atoms with Crippen molar-refractivity contribution < 1.29 is 13.6 Å². The minimum absolute atomic E-state index is 0.356. The fourth-order valence-corrected chi connectivity index (χ4v) is 4.38. The summed E-state index contributed by atoms with van der Waals surface area (Å²) in [5.74, 6) is -0.814. The summed E-state index contributed by atoms with van der Waals surface area (Å²) >= 11 is 0. The van der Waals surface area contributed by atoms with Crippen molar-refractivity contribution in [3.63, 3.8) is 0 Å². The zero-order valence-corrected chi connectivity index (χ0v) is 11.3. The summed E-state index contributed by atoms with van der Waals surface area (Å²) in [6.45, 7) is 8.55. The minimum Gasteiger partial charge on any atom is -0.395 e. The Labute approximate surface area is 96.8 Å². The lowest BCUT2D eigenvalue weighted by molar-refractivity contribution is -0.120. The van der Waals surface area contributed by atoms with Gasteiger partial charge in [-0.3, -0.25) is 4.79 Å². The van der Waals surface area contributed by atoms with E-state index < -0.39 is 14.5 Å². The maximum absolute atomic E-state index is 11.3. The quantitative estimate of drug-likeness (QED) is 0.299. The Balaban J connectivity index is 4.49. The van der Waals surface area contributed by atoms with Crippen LogP contribution in [0.4, 0.5) is 0 Å². The number of nitrogens with zero attached hydrogens (tertiary/aromatic N) is 3. The second kappa shape index (κ2) is 7.40. The van der Waals surface area contributed by atoms with Gasteiger partial charge in [-0.25, -0.2) is 0 Å². The first-order chi connectivity index (χ1) is 7.49. The molecule has 0 spiro atoms. The van der Waals surface area contributed by atoms with Gasteiger partial charge in [-0.05, 0) is 31.0 Å². The smallest absolute Gasteiger partial charge is 0.335 e. The Kier molecular flexibility index (Phi) is 6.99. The van der Waals surface area contributed by atoms with Crippen molar-refractivity contribution in [2.24, 2.45) is 11.0 Å². The highest BCUT2D eigenvalue weighted by molar-refractivity contribution is 6.66. The van der Waals surface area contributed by atoms with Gasteiger partial charge in [0.05, 0.1) is 0 Å². The van der Waals surface area contributed by atoms with Gasteiger partial charge < -0.3 is 8.85 Å². The van der Waals surface area contributed by atoms with Crippen LogP contribution in [-0.2, 0) is 13.6 Å². The highest BCUT2D eigenvalue weighted by Gasteiger charge is 2.34. The molecule has 92 valence electrons. The maximum Gasteiger partial charge on any atom is 0.335 e. The molecule has 0 bridgehead atoms. The van der Waals surface area contributed by atoms with Crippen LogP contribution in [0.1, 0.15) is 20.8 Å². The van der Waals surface area contributed by atoms with Crippen LogP contribution in [0.2, 0.25) is 12.6 Å². The monoisotopic (exact) mass is 245 g/mol. The molecular formula is C9H19N3O3Si. The predicted molar refractivity (Wildman–Crippen MR) is 63.0 cm³/mol. The number of hydrogen-bond acceptors (Lipinski definition) is 3. The van der Waals surface area contributed by atoms with Gasteiger partial charge in [-0.15, -0.1) is 0 Å². The molecule has 16 heavy (non-hydrogen) atoms. The van der Waals surface area contributed by atoms with Crippen molar-refractivity contribution in [1.82, 2.24) is 0 Å². The molecule has 0 aliphatic rings. The van der Waals surface area contributed by atoms with Crippen LogP contribution in [-0.4, -0.2) is 27.7 Å². The van der Waals surface area contributed by atoms with E-state index in [9.17, 15) is 4.79 Å². The summed E-state index contributed by atoms with van der Waals surface area (Å²) in [5.41, 5.74) is 8.18. The second-order valence-corrected chi connectivity index (χ2v) is 6.89. The fourth-order valence-electron chi connectivity index (χ4n) is 1.56. The Hall–Kier alpha value is -0.883. The molecule has 0 rings (SSSR count). The van der Waals surface area contributed by atoms with Crippen LogP contribution in [0.15, 0.2) is 5.11 Å². The number of carbonyl (C=O) groups is 1. The van der Waals surface area contributed by atoms with Crippen LogP contribution in [0, 0.1) is 5.92 Å². The molecule has 7 heteroatoms. The predicted octanol–water partition coefficient (Wildman–Crippen LogP) is 2.60. The van der Waals surface area contributed by atoms with E-state index in [1.165, 1.54) is 0 Å². The molecule has 6 nitrogen and oxygen atoms in total. The molecule has 1 atom stereocenters. The highest BCUT2D eigenvalue weighted by Crippen LogP contribution is 2.20. The van der Waals surface area contributed by atoms with Gasteiger partial charge in [0.2, 0.25) is 5.91 Å². The lowest BCUT2D eigenvalue weighted by atomic mass is 10.2. The summed E-state index contributed by atoms with van der Waals surface area (Å²) < 4.78 is 11.2. The summed E-state index contributed by atoms with van der Waals surface area (Å²) in [6.07, 6.45) is 0. The fraction of sp³-hybridized carbons (Fsp3) is 0.889. The number of hydrogen-bond donors (Lipinski definition) is 0. The lowest BCUT2D eigenvalue weighted by Crippen LogP contribution is -2.41. The molecule has 1 amide bonds. The Morgan fingerprint density at radius 3 is 2.31 bits per heavy atom. The molecule has 0 fully saturated rings. The molecular weight excluding hydrogens is 226 g/mol.